The minimum atomic E-state index is -0.868. The normalized spacial score (nSPS) is 11.5. The van der Waals surface area contributed by atoms with Gasteiger partial charge in [0, 0.05) is 24.2 Å². The van der Waals surface area contributed by atoms with E-state index >= 15 is 0 Å². The van der Waals surface area contributed by atoms with E-state index in [9.17, 15) is 14.4 Å². The summed E-state index contributed by atoms with van der Waals surface area (Å²) in [5.74, 6) is -1.72. The Labute approximate surface area is 151 Å². The van der Waals surface area contributed by atoms with Crippen LogP contribution in [0.3, 0.4) is 0 Å². The van der Waals surface area contributed by atoms with Gasteiger partial charge >= 0.3 is 0 Å². The highest BCUT2D eigenvalue weighted by molar-refractivity contribution is 6.38. The lowest BCUT2D eigenvalue weighted by Crippen LogP contribution is -2.46. The Kier molecular flexibility index (Phi) is 6.31. The third-order valence-electron chi connectivity index (χ3n) is 3.87. The molecule has 1 atom stereocenters. The molecule has 2 aromatic carbocycles. The molecule has 0 radical (unpaired) electrons. The zero-order valence-corrected chi connectivity index (χ0v) is 14.8. The number of hydrogen-bond acceptors (Lipinski definition) is 3. The Morgan fingerprint density at radius 1 is 1.08 bits per heavy atom. The number of nitrogens with zero attached hydrogens (tertiary/aromatic N) is 1. The largest absolute Gasteiger partial charge is 0.345 e. The van der Waals surface area contributed by atoms with E-state index in [-0.39, 0.29) is 12.5 Å². The van der Waals surface area contributed by atoms with Crippen molar-refractivity contribution in [2.24, 2.45) is 0 Å². The molecule has 2 rings (SSSR count). The van der Waals surface area contributed by atoms with Crippen LogP contribution in [0.25, 0.3) is 0 Å². The standard InChI is InChI=1S/C19H19ClN2O3/c1-13(22(2)19(25)15-8-4-3-5-9-15)17(23)18(24)21-12-14-7-6-10-16(20)11-14/h3-11,13H,12H2,1-2H3,(H,21,24). The second-order valence-corrected chi connectivity index (χ2v) is 6.07. The zero-order chi connectivity index (χ0) is 18.4. The number of Topliss-reactive ketones (excluding diaryl/α,β-unsaturated/α-hetero) is 1. The number of nitrogens with one attached hydrogen (secondary N) is 1. The van der Waals surface area contributed by atoms with Gasteiger partial charge in [0.05, 0.1) is 6.04 Å². The highest BCUT2D eigenvalue weighted by Crippen LogP contribution is 2.11. The average molecular weight is 359 g/mol. The van der Waals surface area contributed by atoms with Crippen molar-refractivity contribution in [2.75, 3.05) is 7.05 Å². The molecule has 0 saturated carbocycles. The van der Waals surface area contributed by atoms with Gasteiger partial charge in [-0.25, -0.2) is 0 Å². The van der Waals surface area contributed by atoms with Gasteiger partial charge in [-0.2, -0.15) is 0 Å². The molecule has 5 nitrogen and oxygen atoms in total. The van der Waals surface area contributed by atoms with Crippen molar-refractivity contribution in [3.05, 3.63) is 70.7 Å². The topological polar surface area (TPSA) is 66.5 Å². The molecule has 2 amide bonds. The lowest BCUT2D eigenvalue weighted by molar-refractivity contribution is -0.140. The lowest BCUT2D eigenvalue weighted by atomic mass is 10.1. The number of carbonyl (C=O) groups is 3. The van der Waals surface area contributed by atoms with Gasteiger partial charge < -0.3 is 10.2 Å². The van der Waals surface area contributed by atoms with Crippen molar-refractivity contribution >= 4 is 29.2 Å². The first-order valence-electron chi connectivity index (χ1n) is 7.79. The Balaban J connectivity index is 1.96. The number of carbonyl (C=O) groups excluding carboxylic acids is 3. The second-order valence-electron chi connectivity index (χ2n) is 5.63. The zero-order valence-electron chi connectivity index (χ0n) is 14.0. The predicted molar refractivity (Wildman–Crippen MR) is 96.3 cm³/mol. The smallest absolute Gasteiger partial charge is 0.289 e. The number of ketones is 1. The summed E-state index contributed by atoms with van der Waals surface area (Å²) in [4.78, 5) is 38.0. The van der Waals surface area contributed by atoms with Gasteiger partial charge in [0.1, 0.15) is 0 Å². The molecule has 25 heavy (non-hydrogen) atoms. The Bertz CT molecular complexity index is 777. The third-order valence-corrected chi connectivity index (χ3v) is 4.10. The number of hydrogen-bond donors (Lipinski definition) is 1. The van der Waals surface area contributed by atoms with E-state index in [1.54, 1.807) is 54.6 Å². The van der Waals surface area contributed by atoms with Crippen LogP contribution in [0.1, 0.15) is 22.8 Å². The first-order chi connectivity index (χ1) is 11.9. The molecule has 0 aliphatic carbocycles. The van der Waals surface area contributed by atoms with Gasteiger partial charge in [-0.05, 0) is 36.8 Å². The molecule has 0 bridgehead atoms. The van der Waals surface area contributed by atoms with E-state index < -0.39 is 17.7 Å². The molecule has 1 N–H and O–H groups in total. The Morgan fingerprint density at radius 2 is 1.76 bits per heavy atom. The highest BCUT2D eigenvalue weighted by atomic mass is 35.5. The Morgan fingerprint density at radius 3 is 2.40 bits per heavy atom. The van der Waals surface area contributed by atoms with Crippen LogP contribution in [0.4, 0.5) is 0 Å². The van der Waals surface area contributed by atoms with E-state index in [1.165, 1.54) is 18.9 Å². The van der Waals surface area contributed by atoms with Gasteiger partial charge in [-0.15, -0.1) is 0 Å². The van der Waals surface area contributed by atoms with Crippen molar-refractivity contribution in [2.45, 2.75) is 19.5 Å². The maximum Gasteiger partial charge on any atom is 0.289 e. The van der Waals surface area contributed by atoms with Gasteiger partial charge in [0.25, 0.3) is 11.8 Å². The van der Waals surface area contributed by atoms with Gasteiger partial charge in [0.2, 0.25) is 5.78 Å². The fourth-order valence-corrected chi connectivity index (χ4v) is 2.46. The molecule has 2 aromatic rings. The summed E-state index contributed by atoms with van der Waals surface area (Å²) in [5, 5.41) is 3.11. The Hall–Kier alpha value is -2.66. The fourth-order valence-electron chi connectivity index (χ4n) is 2.24. The molecule has 130 valence electrons. The third kappa shape index (κ3) is 4.90. The predicted octanol–water partition coefficient (Wildman–Crippen LogP) is 2.69. The van der Waals surface area contributed by atoms with Crippen LogP contribution in [0.5, 0.6) is 0 Å². The minimum absolute atomic E-state index is 0.189. The van der Waals surface area contributed by atoms with Crippen molar-refractivity contribution < 1.29 is 14.4 Å². The lowest BCUT2D eigenvalue weighted by Gasteiger charge is -2.23. The van der Waals surface area contributed by atoms with Gasteiger partial charge in [-0.1, -0.05) is 41.9 Å². The van der Waals surface area contributed by atoms with Gasteiger partial charge in [-0.3, -0.25) is 14.4 Å². The summed E-state index contributed by atoms with van der Waals surface area (Å²) in [6.45, 7) is 1.72. The van der Waals surface area contributed by atoms with Crippen LogP contribution >= 0.6 is 11.6 Å². The summed E-state index contributed by atoms with van der Waals surface area (Å²) in [7, 11) is 1.50. The molecule has 0 fully saturated rings. The quantitative estimate of drug-likeness (QED) is 0.807. The molecule has 0 aliphatic heterocycles. The molecule has 0 aromatic heterocycles. The fraction of sp³-hybridized carbons (Fsp3) is 0.211. The molecule has 0 saturated heterocycles. The molecule has 1 unspecified atom stereocenters. The average Bonchev–Trinajstić information content (AvgIpc) is 2.64. The molecule has 0 heterocycles. The van der Waals surface area contributed by atoms with E-state index in [0.29, 0.717) is 10.6 Å². The van der Waals surface area contributed by atoms with Crippen molar-refractivity contribution in [3.8, 4) is 0 Å². The molecule has 0 aliphatic rings. The molecule has 0 spiro atoms. The van der Waals surface area contributed by atoms with Crippen LogP contribution in [0.2, 0.25) is 5.02 Å². The summed E-state index contributed by atoms with van der Waals surface area (Å²) in [6.07, 6.45) is 0. The molecular formula is C19H19ClN2O3. The monoisotopic (exact) mass is 358 g/mol. The van der Waals surface area contributed by atoms with Crippen LogP contribution in [-0.4, -0.2) is 35.6 Å². The van der Waals surface area contributed by atoms with Crippen LogP contribution in [0, 0.1) is 0 Å². The first kappa shape index (κ1) is 18.7. The summed E-state index contributed by atoms with van der Waals surface area (Å²) >= 11 is 5.88. The number of benzene rings is 2. The number of rotatable bonds is 6. The van der Waals surface area contributed by atoms with Crippen LogP contribution in [-0.2, 0) is 16.1 Å². The summed E-state index contributed by atoms with van der Waals surface area (Å²) in [6, 6.07) is 14.7. The SMILES string of the molecule is CC(C(=O)C(=O)NCc1cccc(Cl)c1)N(C)C(=O)c1ccccc1. The van der Waals surface area contributed by atoms with Gasteiger partial charge in [0.15, 0.2) is 0 Å². The van der Waals surface area contributed by atoms with E-state index in [2.05, 4.69) is 5.32 Å². The number of halogens is 1. The van der Waals surface area contributed by atoms with E-state index in [1.807, 2.05) is 0 Å². The van der Waals surface area contributed by atoms with Crippen molar-refractivity contribution in [1.82, 2.24) is 10.2 Å². The van der Waals surface area contributed by atoms with Crippen LogP contribution in [0.15, 0.2) is 54.6 Å². The van der Waals surface area contributed by atoms with Crippen molar-refractivity contribution in [3.63, 3.8) is 0 Å². The van der Waals surface area contributed by atoms with Crippen molar-refractivity contribution in [1.29, 1.82) is 0 Å². The first-order valence-corrected chi connectivity index (χ1v) is 8.16. The number of amides is 2. The van der Waals surface area contributed by atoms with Crippen LogP contribution < -0.4 is 5.32 Å². The van der Waals surface area contributed by atoms with E-state index in [4.69, 9.17) is 11.6 Å². The number of likely N-dealkylation sites (N-methyl/N-ethyl adjacent to an activating group) is 1. The molecule has 6 heteroatoms. The summed E-state index contributed by atoms with van der Waals surface area (Å²) in [5.41, 5.74) is 1.25. The summed E-state index contributed by atoms with van der Waals surface area (Å²) < 4.78 is 0. The second kappa shape index (κ2) is 8.44. The molecular weight excluding hydrogens is 340 g/mol. The maximum absolute atomic E-state index is 12.4. The minimum Gasteiger partial charge on any atom is -0.345 e. The highest BCUT2D eigenvalue weighted by Gasteiger charge is 2.27. The van der Waals surface area contributed by atoms with E-state index in [0.717, 1.165) is 5.56 Å². The maximum atomic E-state index is 12.4.